The van der Waals surface area contributed by atoms with Gasteiger partial charge in [0.25, 0.3) is 5.91 Å². The van der Waals surface area contributed by atoms with Crippen molar-refractivity contribution in [1.82, 2.24) is 10.2 Å². The van der Waals surface area contributed by atoms with Crippen molar-refractivity contribution in [3.8, 4) is 6.07 Å². The number of nitrogens with zero attached hydrogens (tertiary/aromatic N) is 3. The minimum atomic E-state index is -1.04. The summed E-state index contributed by atoms with van der Waals surface area (Å²) in [5.41, 5.74) is 1.84. The number of rotatable bonds is 6. The Morgan fingerprint density at radius 2 is 1.96 bits per heavy atom. The number of hydrogen-bond donors (Lipinski definition) is 3. The first kappa shape index (κ1) is 18.9. The van der Waals surface area contributed by atoms with E-state index >= 15 is 0 Å². The monoisotopic (exact) mass is 344 g/mol. The quantitative estimate of drug-likeness (QED) is 0.489. The maximum absolute atomic E-state index is 11.9. The smallest absolute Gasteiger partial charge is 0.262 e. The molecule has 1 atom stereocenters. The van der Waals surface area contributed by atoms with Crippen LogP contribution < -0.4 is 10.2 Å². The van der Waals surface area contributed by atoms with E-state index in [0.717, 1.165) is 37.4 Å². The van der Waals surface area contributed by atoms with Crippen LogP contribution in [0, 0.1) is 11.3 Å². The van der Waals surface area contributed by atoms with Gasteiger partial charge in [0.15, 0.2) is 0 Å². The van der Waals surface area contributed by atoms with Gasteiger partial charge in [-0.15, -0.1) is 0 Å². The van der Waals surface area contributed by atoms with Gasteiger partial charge in [0.2, 0.25) is 0 Å². The number of benzene rings is 1. The lowest BCUT2D eigenvalue weighted by Crippen LogP contribution is -2.44. The maximum Gasteiger partial charge on any atom is 0.262 e. The van der Waals surface area contributed by atoms with Crippen molar-refractivity contribution in [3.63, 3.8) is 0 Å². The lowest BCUT2D eigenvalue weighted by molar-refractivity contribution is -0.117. The zero-order valence-corrected chi connectivity index (χ0v) is 14.4. The molecule has 0 radical (unpaired) electrons. The molecule has 3 N–H and O–H groups in total. The second kappa shape index (κ2) is 9.18. The van der Waals surface area contributed by atoms with Crippen LogP contribution in [-0.4, -0.2) is 73.5 Å². The highest BCUT2D eigenvalue weighted by atomic mass is 16.3. The number of carbonyl (C=O) groups is 1. The zero-order chi connectivity index (χ0) is 18.2. The molecule has 7 heteroatoms. The molecule has 1 aliphatic heterocycles. The molecule has 0 saturated carbocycles. The van der Waals surface area contributed by atoms with Gasteiger partial charge in [0, 0.05) is 38.4 Å². The Morgan fingerprint density at radius 3 is 2.52 bits per heavy atom. The molecule has 1 saturated heterocycles. The predicted octanol–water partition coefficient (Wildman–Crippen LogP) is -0.185. The summed E-state index contributed by atoms with van der Waals surface area (Å²) in [5, 5.41) is 29.6. The third-order valence-electron chi connectivity index (χ3n) is 4.15. The van der Waals surface area contributed by atoms with Crippen LogP contribution in [0.3, 0.4) is 0 Å². The molecule has 134 valence electrons. The van der Waals surface area contributed by atoms with E-state index in [9.17, 15) is 9.90 Å². The van der Waals surface area contributed by atoms with Crippen molar-refractivity contribution in [1.29, 1.82) is 5.26 Å². The van der Waals surface area contributed by atoms with E-state index in [1.54, 1.807) is 0 Å². The predicted molar refractivity (Wildman–Crippen MR) is 95.8 cm³/mol. The van der Waals surface area contributed by atoms with E-state index in [4.69, 9.17) is 10.4 Å². The van der Waals surface area contributed by atoms with Gasteiger partial charge in [-0.1, -0.05) is 12.1 Å². The highest BCUT2D eigenvalue weighted by Crippen LogP contribution is 2.18. The third kappa shape index (κ3) is 5.57. The average molecular weight is 344 g/mol. The van der Waals surface area contributed by atoms with Crippen LogP contribution >= 0.6 is 0 Å². The van der Waals surface area contributed by atoms with Crippen molar-refractivity contribution in [2.45, 2.75) is 6.10 Å². The summed E-state index contributed by atoms with van der Waals surface area (Å²) >= 11 is 0. The van der Waals surface area contributed by atoms with Gasteiger partial charge >= 0.3 is 0 Å². The van der Waals surface area contributed by atoms with Gasteiger partial charge in [-0.25, -0.2) is 0 Å². The molecular formula is C18H24N4O3. The van der Waals surface area contributed by atoms with Gasteiger partial charge in [0.1, 0.15) is 11.6 Å². The minimum absolute atomic E-state index is 0.0440. The Balaban J connectivity index is 2.01. The highest BCUT2D eigenvalue weighted by Gasteiger charge is 2.14. The highest BCUT2D eigenvalue weighted by molar-refractivity contribution is 6.01. The molecular weight excluding hydrogens is 320 g/mol. The standard InChI is InChI=1S/C18H24N4O3/c1-21-6-8-22(9-7-21)16-4-2-14(3-5-16)10-15(11-19)18(25)20-12-17(24)13-23/h2-5,10,17,23-24H,6-9,12-13H2,1H3,(H,20,25)/b15-10+. The molecule has 0 aliphatic carbocycles. The van der Waals surface area contributed by atoms with Crippen LogP contribution in [0.5, 0.6) is 0 Å². The van der Waals surface area contributed by atoms with Crippen LogP contribution in [0.25, 0.3) is 6.08 Å². The number of piperazine rings is 1. The largest absolute Gasteiger partial charge is 0.394 e. The molecule has 1 heterocycles. The van der Waals surface area contributed by atoms with E-state index < -0.39 is 18.6 Å². The fourth-order valence-corrected chi connectivity index (χ4v) is 2.53. The fraction of sp³-hybridized carbons (Fsp3) is 0.444. The number of likely N-dealkylation sites (N-methyl/N-ethyl adjacent to an activating group) is 1. The Bertz CT molecular complexity index is 643. The van der Waals surface area contributed by atoms with Gasteiger partial charge in [-0.2, -0.15) is 5.26 Å². The number of aliphatic hydroxyl groups is 2. The number of anilines is 1. The van der Waals surface area contributed by atoms with E-state index in [2.05, 4.69) is 22.2 Å². The van der Waals surface area contributed by atoms with E-state index in [1.165, 1.54) is 6.08 Å². The minimum Gasteiger partial charge on any atom is -0.394 e. The summed E-state index contributed by atoms with van der Waals surface area (Å²) in [6, 6.07) is 9.59. The molecule has 7 nitrogen and oxygen atoms in total. The Kier molecular flexibility index (Phi) is 6.95. The van der Waals surface area contributed by atoms with Crippen LogP contribution in [0.15, 0.2) is 29.8 Å². The molecule has 0 spiro atoms. The zero-order valence-electron chi connectivity index (χ0n) is 14.4. The molecule has 1 aromatic carbocycles. The van der Waals surface area contributed by atoms with Gasteiger partial charge in [0.05, 0.1) is 12.7 Å². The number of aliphatic hydroxyl groups excluding tert-OH is 2. The molecule has 1 amide bonds. The molecule has 0 aromatic heterocycles. The summed E-state index contributed by atoms with van der Waals surface area (Å²) in [6.07, 6.45) is 0.473. The van der Waals surface area contributed by atoms with Gasteiger partial charge in [-0.05, 0) is 30.8 Å². The molecule has 1 unspecified atom stereocenters. The normalized spacial score (nSPS) is 17.0. The molecule has 0 bridgehead atoms. The molecule has 2 rings (SSSR count). The Hall–Kier alpha value is -2.40. The molecule has 1 aromatic rings. The maximum atomic E-state index is 11.9. The molecule has 1 fully saturated rings. The van der Waals surface area contributed by atoms with Crippen molar-refractivity contribution < 1.29 is 15.0 Å². The van der Waals surface area contributed by atoms with E-state index in [0.29, 0.717) is 0 Å². The topological polar surface area (TPSA) is 99.8 Å². The summed E-state index contributed by atoms with van der Waals surface area (Å²) in [6.45, 7) is 3.46. The fourth-order valence-electron chi connectivity index (χ4n) is 2.53. The van der Waals surface area contributed by atoms with Crippen molar-refractivity contribution in [3.05, 3.63) is 35.4 Å². The summed E-state index contributed by atoms with van der Waals surface area (Å²) in [5.74, 6) is -0.571. The first-order valence-corrected chi connectivity index (χ1v) is 8.26. The van der Waals surface area contributed by atoms with Crippen molar-refractivity contribution in [2.75, 3.05) is 51.3 Å². The number of nitriles is 1. The van der Waals surface area contributed by atoms with Crippen molar-refractivity contribution >= 4 is 17.7 Å². The first-order chi connectivity index (χ1) is 12.0. The Labute approximate surface area is 147 Å². The number of nitrogens with one attached hydrogen (secondary N) is 1. The van der Waals surface area contributed by atoms with Crippen LogP contribution in [0.4, 0.5) is 5.69 Å². The van der Waals surface area contributed by atoms with Crippen LogP contribution in [0.1, 0.15) is 5.56 Å². The van der Waals surface area contributed by atoms with E-state index in [-0.39, 0.29) is 12.1 Å². The summed E-state index contributed by atoms with van der Waals surface area (Å²) in [4.78, 5) is 16.5. The third-order valence-corrected chi connectivity index (χ3v) is 4.15. The first-order valence-electron chi connectivity index (χ1n) is 8.26. The van der Waals surface area contributed by atoms with Gasteiger partial charge < -0.3 is 25.3 Å². The van der Waals surface area contributed by atoms with Crippen LogP contribution in [0.2, 0.25) is 0 Å². The second-order valence-electron chi connectivity index (χ2n) is 6.10. The SMILES string of the molecule is CN1CCN(c2ccc(/C=C(\C#N)C(=O)NCC(O)CO)cc2)CC1. The summed E-state index contributed by atoms with van der Waals surface area (Å²) < 4.78 is 0. The number of amides is 1. The Morgan fingerprint density at radius 1 is 1.32 bits per heavy atom. The number of carbonyl (C=O) groups excluding carboxylic acids is 1. The molecule has 25 heavy (non-hydrogen) atoms. The summed E-state index contributed by atoms with van der Waals surface area (Å²) in [7, 11) is 2.11. The number of hydrogen-bond acceptors (Lipinski definition) is 6. The molecule has 1 aliphatic rings. The second-order valence-corrected chi connectivity index (χ2v) is 6.10. The van der Waals surface area contributed by atoms with Gasteiger partial charge in [-0.3, -0.25) is 4.79 Å². The average Bonchev–Trinajstić information content (AvgIpc) is 2.65. The van der Waals surface area contributed by atoms with Crippen LogP contribution in [-0.2, 0) is 4.79 Å². The van der Waals surface area contributed by atoms with E-state index in [1.807, 2.05) is 30.3 Å². The lowest BCUT2D eigenvalue weighted by Gasteiger charge is -2.34. The van der Waals surface area contributed by atoms with Crippen molar-refractivity contribution in [2.24, 2.45) is 0 Å². The lowest BCUT2D eigenvalue weighted by atomic mass is 10.1.